The van der Waals surface area contributed by atoms with Gasteiger partial charge in [-0.1, -0.05) is 12.1 Å². The lowest BCUT2D eigenvalue weighted by Gasteiger charge is -2.35. The molecule has 0 radical (unpaired) electrons. The lowest BCUT2D eigenvalue weighted by atomic mass is 10.0. The number of benzene rings is 1. The average molecular weight is 381 g/mol. The smallest absolute Gasteiger partial charge is 0.191 e. The van der Waals surface area contributed by atoms with Crippen molar-refractivity contribution in [3.05, 3.63) is 29.8 Å². The minimum absolute atomic E-state index is 0.273. The van der Waals surface area contributed by atoms with Crippen molar-refractivity contribution in [1.82, 2.24) is 15.5 Å². The van der Waals surface area contributed by atoms with Gasteiger partial charge in [0.2, 0.25) is 0 Å². The van der Waals surface area contributed by atoms with Crippen molar-refractivity contribution >= 4 is 17.7 Å². The number of nitrogens with zero attached hydrogens (tertiary/aromatic N) is 2. The highest BCUT2D eigenvalue weighted by atomic mass is 32.2. The van der Waals surface area contributed by atoms with Crippen LogP contribution in [0.1, 0.15) is 18.0 Å². The third kappa shape index (κ3) is 6.70. The Morgan fingerprint density at radius 2 is 2.00 bits per heavy atom. The average Bonchev–Trinajstić information content (AvgIpc) is 2.71. The van der Waals surface area contributed by atoms with E-state index in [1.807, 2.05) is 30.9 Å². The summed E-state index contributed by atoms with van der Waals surface area (Å²) in [7, 11) is 3.52. The maximum atomic E-state index is 5.52. The Kier molecular flexibility index (Phi) is 9.66. The molecule has 2 rings (SSSR count). The molecule has 1 aromatic carbocycles. The van der Waals surface area contributed by atoms with Gasteiger partial charge in [-0.3, -0.25) is 9.89 Å². The summed E-state index contributed by atoms with van der Waals surface area (Å²) in [5.74, 6) is 2.90. The van der Waals surface area contributed by atoms with Crippen LogP contribution in [0.3, 0.4) is 0 Å². The quantitative estimate of drug-likeness (QED) is 0.388. The molecule has 1 fully saturated rings. The van der Waals surface area contributed by atoms with Crippen molar-refractivity contribution in [2.75, 3.05) is 65.6 Å². The summed E-state index contributed by atoms with van der Waals surface area (Å²) in [4.78, 5) is 6.82. The van der Waals surface area contributed by atoms with Gasteiger partial charge in [0.15, 0.2) is 5.96 Å². The van der Waals surface area contributed by atoms with Crippen molar-refractivity contribution in [1.29, 1.82) is 0 Å². The number of ether oxygens (including phenoxy) is 2. The lowest BCUT2D eigenvalue weighted by molar-refractivity contribution is 0.0170. The first-order valence-electron chi connectivity index (χ1n) is 9.17. The molecular weight excluding hydrogens is 348 g/mol. The monoisotopic (exact) mass is 380 g/mol. The molecule has 1 unspecified atom stereocenters. The first-order chi connectivity index (χ1) is 12.8. The molecule has 1 heterocycles. The second kappa shape index (κ2) is 12.0. The van der Waals surface area contributed by atoms with Gasteiger partial charge in [-0.2, -0.15) is 11.8 Å². The van der Waals surface area contributed by atoms with Crippen LogP contribution in [-0.4, -0.2) is 76.4 Å². The van der Waals surface area contributed by atoms with Gasteiger partial charge in [0, 0.05) is 33.2 Å². The Bertz CT molecular complexity index is 533. The molecule has 0 saturated carbocycles. The molecule has 7 heteroatoms. The molecule has 1 saturated heterocycles. The zero-order chi connectivity index (χ0) is 18.6. The minimum atomic E-state index is 0.273. The Morgan fingerprint density at radius 1 is 1.27 bits per heavy atom. The first kappa shape index (κ1) is 20.9. The molecule has 1 aliphatic rings. The number of nitrogens with one attached hydrogen (secondary N) is 2. The predicted octanol–water partition coefficient (Wildman–Crippen LogP) is 1.99. The van der Waals surface area contributed by atoms with E-state index in [9.17, 15) is 0 Å². The van der Waals surface area contributed by atoms with E-state index in [2.05, 4.69) is 38.9 Å². The molecule has 0 aromatic heterocycles. The number of rotatable bonds is 9. The Morgan fingerprint density at radius 3 is 2.62 bits per heavy atom. The minimum Gasteiger partial charge on any atom is -0.497 e. The molecule has 0 amide bonds. The van der Waals surface area contributed by atoms with Crippen LogP contribution in [0.15, 0.2) is 29.3 Å². The van der Waals surface area contributed by atoms with E-state index in [1.54, 1.807) is 7.11 Å². The van der Waals surface area contributed by atoms with Crippen molar-refractivity contribution in [3.63, 3.8) is 0 Å². The molecule has 26 heavy (non-hydrogen) atoms. The van der Waals surface area contributed by atoms with Gasteiger partial charge in [0.25, 0.3) is 0 Å². The number of morpholine rings is 1. The molecule has 1 aliphatic heterocycles. The fourth-order valence-electron chi connectivity index (χ4n) is 3.01. The van der Waals surface area contributed by atoms with Crippen LogP contribution in [0.4, 0.5) is 0 Å². The molecule has 0 spiro atoms. The first-order valence-corrected chi connectivity index (χ1v) is 10.6. The van der Waals surface area contributed by atoms with E-state index in [1.165, 1.54) is 5.56 Å². The maximum Gasteiger partial charge on any atom is 0.191 e. The number of guanidine groups is 1. The summed E-state index contributed by atoms with van der Waals surface area (Å²) >= 11 is 1.87. The summed E-state index contributed by atoms with van der Waals surface area (Å²) in [5, 5.41) is 6.88. The summed E-state index contributed by atoms with van der Waals surface area (Å²) in [6.45, 7) is 5.19. The van der Waals surface area contributed by atoms with Crippen molar-refractivity contribution in [3.8, 4) is 5.75 Å². The Hall–Kier alpha value is -1.44. The van der Waals surface area contributed by atoms with Crippen molar-refractivity contribution in [2.24, 2.45) is 4.99 Å². The summed E-state index contributed by atoms with van der Waals surface area (Å²) in [6.07, 6.45) is 3.27. The van der Waals surface area contributed by atoms with E-state index in [4.69, 9.17) is 9.47 Å². The highest BCUT2D eigenvalue weighted by Crippen LogP contribution is 2.23. The van der Waals surface area contributed by atoms with Gasteiger partial charge in [-0.15, -0.1) is 0 Å². The van der Waals surface area contributed by atoms with Gasteiger partial charge >= 0.3 is 0 Å². The summed E-state index contributed by atoms with van der Waals surface area (Å²) in [6, 6.07) is 8.62. The predicted molar refractivity (Wildman–Crippen MR) is 110 cm³/mol. The van der Waals surface area contributed by atoms with Gasteiger partial charge in [0.1, 0.15) is 5.75 Å². The van der Waals surface area contributed by atoms with Crippen LogP contribution in [-0.2, 0) is 4.74 Å². The molecule has 6 nitrogen and oxygen atoms in total. The molecule has 0 aliphatic carbocycles. The van der Waals surface area contributed by atoms with E-state index in [0.717, 1.165) is 63.3 Å². The van der Waals surface area contributed by atoms with Crippen molar-refractivity contribution in [2.45, 2.75) is 12.5 Å². The van der Waals surface area contributed by atoms with Crippen LogP contribution in [0.5, 0.6) is 5.75 Å². The van der Waals surface area contributed by atoms with Crippen LogP contribution >= 0.6 is 11.8 Å². The highest BCUT2D eigenvalue weighted by Gasteiger charge is 2.23. The summed E-state index contributed by atoms with van der Waals surface area (Å²) < 4.78 is 10.8. The van der Waals surface area contributed by atoms with Crippen LogP contribution < -0.4 is 15.4 Å². The molecule has 1 aromatic rings. The normalized spacial score (nSPS) is 17.0. The third-order valence-corrected chi connectivity index (χ3v) is 5.19. The van der Waals surface area contributed by atoms with Crippen LogP contribution in [0.2, 0.25) is 0 Å². The Balaban J connectivity index is 1.98. The van der Waals surface area contributed by atoms with Gasteiger partial charge in [-0.05, 0) is 36.1 Å². The number of methoxy groups -OCH3 is 1. The maximum absolute atomic E-state index is 5.52. The third-order valence-electron chi connectivity index (χ3n) is 4.49. The fourth-order valence-corrected chi connectivity index (χ4v) is 3.44. The molecule has 0 bridgehead atoms. The summed E-state index contributed by atoms with van der Waals surface area (Å²) in [5.41, 5.74) is 1.28. The Labute approximate surface area is 161 Å². The zero-order valence-corrected chi connectivity index (χ0v) is 17.0. The van der Waals surface area contributed by atoms with Gasteiger partial charge in [-0.25, -0.2) is 0 Å². The zero-order valence-electron chi connectivity index (χ0n) is 16.2. The SMILES string of the molecule is CN=C(NCCCSC)NCC(c1ccc(OC)cc1)N1CCOCC1. The fraction of sp³-hybridized carbons (Fsp3) is 0.632. The number of hydrogen-bond acceptors (Lipinski definition) is 5. The lowest BCUT2D eigenvalue weighted by Crippen LogP contribution is -2.46. The molecule has 146 valence electrons. The van der Waals surface area contributed by atoms with Crippen LogP contribution in [0, 0.1) is 0 Å². The second-order valence-corrected chi connectivity index (χ2v) is 7.15. The van der Waals surface area contributed by atoms with Crippen LogP contribution in [0.25, 0.3) is 0 Å². The van der Waals surface area contributed by atoms with E-state index >= 15 is 0 Å². The largest absolute Gasteiger partial charge is 0.497 e. The molecular formula is C19H32N4O2S. The van der Waals surface area contributed by atoms with Crippen molar-refractivity contribution < 1.29 is 9.47 Å². The highest BCUT2D eigenvalue weighted by molar-refractivity contribution is 7.98. The van der Waals surface area contributed by atoms with Gasteiger partial charge in [0.05, 0.1) is 26.4 Å². The molecule has 2 N–H and O–H groups in total. The second-order valence-electron chi connectivity index (χ2n) is 6.16. The van der Waals surface area contributed by atoms with Gasteiger partial charge < -0.3 is 20.1 Å². The number of thioether (sulfide) groups is 1. The molecule has 1 atom stereocenters. The van der Waals surface area contributed by atoms with E-state index < -0.39 is 0 Å². The number of aliphatic imine (C=N–C) groups is 1. The number of hydrogen-bond donors (Lipinski definition) is 2. The van der Waals surface area contributed by atoms with E-state index in [-0.39, 0.29) is 6.04 Å². The topological polar surface area (TPSA) is 58.1 Å². The standard InChI is InChI=1S/C19H32N4O2S/c1-20-19(21-9-4-14-26-3)22-15-18(23-10-12-25-13-11-23)16-5-7-17(24-2)8-6-16/h5-8,18H,4,9-15H2,1-3H3,(H2,20,21,22). The van der Waals surface area contributed by atoms with E-state index in [0.29, 0.717) is 0 Å².